The summed E-state index contributed by atoms with van der Waals surface area (Å²) in [4.78, 5) is 8.47. The quantitative estimate of drug-likeness (QED) is 0.553. The highest BCUT2D eigenvalue weighted by Crippen LogP contribution is 2.32. The fraction of sp³-hybridized carbons (Fsp3) is 0.150. The number of rotatable bonds is 5. The fourth-order valence-electron chi connectivity index (χ4n) is 2.86. The van der Waals surface area contributed by atoms with Crippen molar-refractivity contribution >= 4 is 11.5 Å². The molecule has 8 heteroatoms. The number of hydrogen-bond acceptors (Lipinski definition) is 4. The highest BCUT2D eigenvalue weighted by Gasteiger charge is 2.30. The number of fused-ring (bicyclic) bond motifs is 1. The van der Waals surface area contributed by atoms with Gasteiger partial charge in [-0.25, -0.2) is 9.50 Å². The van der Waals surface area contributed by atoms with E-state index in [4.69, 9.17) is 0 Å². The van der Waals surface area contributed by atoms with Gasteiger partial charge in [-0.05, 0) is 42.3 Å². The van der Waals surface area contributed by atoms with E-state index in [-0.39, 0.29) is 0 Å². The third-order valence-corrected chi connectivity index (χ3v) is 4.28. The first-order valence-corrected chi connectivity index (χ1v) is 8.66. The van der Waals surface area contributed by atoms with Crippen LogP contribution < -0.4 is 5.32 Å². The largest absolute Gasteiger partial charge is 0.416 e. The van der Waals surface area contributed by atoms with Crippen molar-refractivity contribution in [1.29, 1.82) is 0 Å². The summed E-state index contributed by atoms with van der Waals surface area (Å²) in [5, 5.41) is 7.57. The van der Waals surface area contributed by atoms with Crippen molar-refractivity contribution in [3.05, 3.63) is 78.2 Å². The molecule has 0 unspecified atom stereocenters. The van der Waals surface area contributed by atoms with E-state index < -0.39 is 11.7 Å². The summed E-state index contributed by atoms with van der Waals surface area (Å²) >= 11 is 0. The molecule has 0 fully saturated rings. The summed E-state index contributed by atoms with van der Waals surface area (Å²) in [7, 11) is 0. The summed E-state index contributed by atoms with van der Waals surface area (Å²) in [6.07, 6.45) is 1.67. The summed E-state index contributed by atoms with van der Waals surface area (Å²) in [6, 6.07) is 12.5. The zero-order valence-corrected chi connectivity index (χ0v) is 14.7. The van der Waals surface area contributed by atoms with E-state index in [9.17, 15) is 13.2 Å². The van der Waals surface area contributed by atoms with Gasteiger partial charge in [-0.3, -0.25) is 4.98 Å². The van der Waals surface area contributed by atoms with Crippen LogP contribution in [0.25, 0.3) is 16.9 Å². The van der Waals surface area contributed by atoms with Crippen LogP contribution in [0.4, 0.5) is 19.0 Å². The number of nitrogens with one attached hydrogen (secondary N) is 1. The summed E-state index contributed by atoms with van der Waals surface area (Å²) in [5.74, 6) is 0.678. The van der Waals surface area contributed by atoms with Crippen LogP contribution in [0.3, 0.4) is 0 Å². The first kappa shape index (κ1) is 18.0. The Hall–Kier alpha value is -3.42. The zero-order chi connectivity index (χ0) is 19.6. The van der Waals surface area contributed by atoms with E-state index in [0.29, 0.717) is 29.3 Å². The molecule has 1 N–H and O–H groups in total. The number of anilines is 1. The highest BCUT2D eigenvalue weighted by molar-refractivity contribution is 5.65. The molecule has 0 bridgehead atoms. The average molecular weight is 383 g/mol. The molecule has 0 radical (unpaired) electrons. The molecule has 28 heavy (non-hydrogen) atoms. The third kappa shape index (κ3) is 3.95. The lowest BCUT2D eigenvalue weighted by Gasteiger charge is -2.07. The summed E-state index contributed by atoms with van der Waals surface area (Å²) in [6.45, 7) is 0.696. The van der Waals surface area contributed by atoms with E-state index >= 15 is 0 Å². The third-order valence-electron chi connectivity index (χ3n) is 4.28. The Morgan fingerprint density at radius 3 is 2.61 bits per heavy atom. The maximum absolute atomic E-state index is 12.9. The van der Waals surface area contributed by atoms with Crippen LogP contribution in [0.2, 0.25) is 0 Å². The Kier molecular flexibility index (Phi) is 4.68. The minimum absolute atomic E-state index is 0.396. The van der Waals surface area contributed by atoms with Crippen molar-refractivity contribution < 1.29 is 13.2 Å². The van der Waals surface area contributed by atoms with Crippen LogP contribution in [0.15, 0.2) is 67.1 Å². The molecule has 142 valence electrons. The summed E-state index contributed by atoms with van der Waals surface area (Å²) < 4.78 is 40.3. The van der Waals surface area contributed by atoms with Gasteiger partial charge in [0.15, 0.2) is 5.65 Å². The predicted octanol–water partition coefficient (Wildman–Crippen LogP) is 4.46. The lowest BCUT2D eigenvalue weighted by atomic mass is 10.1. The number of benzene rings is 1. The molecule has 0 aliphatic rings. The maximum Gasteiger partial charge on any atom is 0.416 e. The van der Waals surface area contributed by atoms with Gasteiger partial charge in [-0.1, -0.05) is 12.1 Å². The van der Waals surface area contributed by atoms with Gasteiger partial charge in [0, 0.05) is 36.8 Å². The maximum atomic E-state index is 12.9. The number of hydrogen-bond donors (Lipinski definition) is 1. The van der Waals surface area contributed by atoms with Gasteiger partial charge in [0.1, 0.15) is 5.82 Å². The number of aromatic nitrogens is 4. The number of nitrogens with zero attached hydrogens (tertiary/aromatic N) is 4. The van der Waals surface area contributed by atoms with Crippen molar-refractivity contribution in [2.45, 2.75) is 12.6 Å². The molecule has 0 saturated heterocycles. The SMILES string of the molecule is FC(F)(F)c1cccc(-c2cc3nc(NCCc4ccncc4)ccn3n2)c1. The topological polar surface area (TPSA) is 55.1 Å². The lowest BCUT2D eigenvalue weighted by Crippen LogP contribution is -2.07. The monoisotopic (exact) mass is 383 g/mol. The molecule has 0 amide bonds. The highest BCUT2D eigenvalue weighted by atomic mass is 19.4. The molecule has 0 aliphatic heterocycles. The normalized spacial score (nSPS) is 11.7. The zero-order valence-electron chi connectivity index (χ0n) is 14.7. The molecule has 0 atom stereocenters. The van der Waals surface area contributed by atoms with E-state index in [1.165, 1.54) is 11.6 Å². The average Bonchev–Trinajstić information content (AvgIpc) is 3.12. The van der Waals surface area contributed by atoms with Gasteiger partial charge in [0.25, 0.3) is 0 Å². The molecule has 0 spiro atoms. The van der Waals surface area contributed by atoms with Crippen molar-refractivity contribution in [3.8, 4) is 11.3 Å². The van der Waals surface area contributed by atoms with Gasteiger partial charge in [-0.2, -0.15) is 18.3 Å². The Labute approximate surface area is 158 Å². The first-order chi connectivity index (χ1) is 13.5. The van der Waals surface area contributed by atoms with Crippen LogP contribution in [0, 0.1) is 0 Å². The number of pyridine rings is 1. The standard InChI is InChI=1S/C20H16F3N5/c21-20(22,23)16-3-1-2-15(12-16)17-13-19-26-18(7-11-28(19)27-17)25-10-6-14-4-8-24-9-5-14/h1-5,7-9,11-13H,6,10H2,(H,25,26). The van der Waals surface area contributed by atoms with Crippen molar-refractivity contribution in [2.75, 3.05) is 11.9 Å². The molecule has 0 saturated carbocycles. The number of halogens is 3. The second-order valence-electron chi connectivity index (χ2n) is 6.26. The molecule has 4 rings (SSSR count). The van der Waals surface area contributed by atoms with Crippen molar-refractivity contribution in [2.24, 2.45) is 0 Å². The van der Waals surface area contributed by atoms with Crippen LogP contribution in [0.1, 0.15) is 11.1 Å². The Bertz CT molecular complexity index is 1090. The molecule has 0 aliphatic carbocycles. The predicted molar refractivity (Wildman–Crippen MR) is 99.9 cm³/mol. The molecular weight excluding hydrogens is 367 g/mol. The van der Waals surface area contributed by atoms with Gasteiger partial charge in [0.2, 0.25) is 0 Å². The molecule has 4 aromatic rings. The van der Waals surface area contributed by atoms with Gasteiger partial charge in [0.05, 0.1) is 11.3 Å². The van der Waals surface area contributed by atoms with E-state index in [0.717, 1.165) is 18.6 Å². The van der Waals surface area contributed by atoms with Gasteiger partial charge < -0.3 is 5.32 Å². The van der Waals surface area contributed by atoms with E-state index in [1.54, 1.807) is 41.3 Å². The van der Waals surface area contributed by atoms with Crippen LogP contribution in [0.5, 0.6) is 0 Å². The van der Waals surface area contributed by atoms with Gasteiger partial charge >= 0.3 is 6.18 Å². The van der Waals surface area contributed by atoms with Crippen molar-refractivity contribution in [1.82, 2.24) is 19.6 Å². The lowest BCUT2D eigenvalue weighted by molar-refractivity contribution is -0.137. The van der Waals surface area contributed by atoms with Crippen molar-refractivity contribution in [3.63, 3.8) is 0 Å². The van der Waals surface area contributed by atoms with E-state index in [1.807, 2.05) is 12.1 Å². The second-order valence-corrected chi connectivity index (χ2v) is 6.26. The Morgan fingerprint density at radius 2 is 1.82 bits per heavy atom. The Balaban J connectivity index is 1.52. The molecule has 3 aromatic heterocycles. The first-order valence-electron chi connectivity index (χ1n) is 8.66. The molecule has 3 heterocycles. The van der Waals surface area contributed by atoms with Gasteiger partial charge in [-0.15, -0.1) is 0 Å². The van der Waals surface area contributed by atoms with Crippen LogP contribution in [-0.4, -0.2) is 26.1 Å². The fourth-order valence-corrected chi connectivity index (χ4v) is 2.86. The molecular formula is C20H16F3N5. The van der Waals surface area contributed by atoms with Crippen LogP contribution >= 0.6 is 0 Å². The minimum Gasteiger partial charge on any atom is -0.370 e. The van der Waals surface area contributed by atoms with Crippen LogP contribution in [-0.2, 0) is 12.6 Å². The summed E-state index contributed by atoms with van der Waals surface area (Å²) in [5.41, 5.74) is 1.86. The smallest absolute Gasteiger partial charge is 0.370 e. The molecule has 5 nitrogen and oxygen atoms in total. The molecule has 1 aromatic carbocycles. The number of alkyl halides is 3. The Morgan fingerprint density at radius 1 is 1.00 bits per heavy atom. The second kappa shape index (κ2) is 7.30. The minimum atomic E-state index is -4.39. The van der Waals surface area contributed by atoms with E-state index in [2.05, 4.69) is 20.4 Å².